The van der Waals surface area contributed by atoms with Crippen LogP contribution in [0.5, 0.6) is 0 Å². The molecule has 3 aliphatic heterocycles. The molecule has 3 saturated heterocycles. The molecule has 0 aliphatic carbocycles. The van der Waals surface area contributed by atoms with Crippen molar-refractivity contribution in [1.82, 2.24) is 20.4 Å². The van der Waals surface area contributed by atoms with E-state index in [9.17, 15) is 9.59 Å². The van der Waals surface area contributed by atoms with Gasteiger partial charge in [-0.25, -0.2) is 0 Å². The molecule has 0 saturated carbocycles. The van der Waals surface area contributed by atoms with Gasteiger partial charge in [0.05, 0.1) is 0 Å². The first-order valence-corrected chi connectivity index (χ1v) is 6.77. The van der Waals surface area contributed by atoms with Gasteiger partial charge in [0, 0.05) is 51.7 Å². The molecule has 0 radical (unpaired) electrons. The Bertz CT molecular complexity index is 348. The molecule has 3 heterocycles. The highest BCUT2D eigenvalue weighted by atomic mass is 16.2. The predicted molar refractivity (Wildman–Crippen MR) is 66.0 cm³/mol. The third-order valence-corrected chi connectivity index (χ3v) is 4.14. The number of piperazine rings is 1. The minimum atomic E-state index is -0.263. The van der Waals surface area contributed by atoms with Crippen molar-refractivity contribution in [2.75, 3.05) is 39.3 Å². The number of carbonyl (C=O) groups excluding carboxylic acids is 2. The van der Waals surface area contributed by atoms with Gasteiger partial charge in [0.15, 0.2) is 0 Å². The summed E-state index contributed by atoms with van der Waals surface area (Å²) in [4.78, 5) is 27.5. The first kappa shape index (κ1) is 11.9. The highest BCUT2D eigenvalue weighted by molar-refractivity contribution is 5.91. The van der Waals surface area contributed by atoms with Gasteiger partial charge < -0.3 is 15.5 Å². The van der Waals surface area contributed by atoms with Gasteiger partial charge >= 0.3 is 0 Å². The van der Waals surface area contributed by atoms with Gasteiger partial charge in [-0.15, -0.1) is 0 Å². The smallest absolute Gasteiger partial charge is 0.245 e. The van der Waals surface area contributed by atoms with Crippen LogP contribution in [-0.4, -0.2) is 73.0 Å². The Morgan fingerprint density at radius 1 is 1.22 bits per heavy atom. The van der Waals surface area contributed by atoms with Gasteiger partial charge in [0.2, 0.25) is 11.8 Å². The number of amides is 2. The molecule has 100 valence electrons. The minimum absolute atomic E-state index is 0.00697. The lowest BCUT2D eigenvalue weighted by atomic mass is 10.0. The average Bonchev–Trinajstić information content (AvgIpc) is 2.75. The van der Waals surface area contributed by atoms with Crippen molar-refractivity contribution in [3.05, 3.63) is 0 Å². The van der Waals surface area contributed by atoms with E-state index in [0.29, 0.717) is 18.9 Å². The summed E-state index contributed by atoms with van der Waals surface area (Å²) < 4.78 is 0. The topological polar surface area (TPSA) is 64.7 Å². The first-order chi connectivity index (χ1) is 8.74. The third kappa shape index (κ3) is 2.22. The average molecular weight is 252 g/mol. The molecule has 3 fully saturated rings. The maximum Gasteiger partial charge on any atom is 0.245 e. The zero-order valence-electron chi connectivity index (χ0n) is 10.5. The molecule has 6 heteroatoms. The number of nitrogens with one attached hydrogen (secondary N) is 2. The molecule has 18 heavy (non-hydrogen) atoms. The maximum absolute atomic E-state index is 12.1. The standard InChI is InChI=1S/C12H20N4O2/c17-11-2-1-10(14-11)12(18)16-7-9(8-16)15-5-3-13-4-6-15/h9-10,13H,1-8H2,(H,14,17). The fourth-order valence-corrected chi connectivity index (χ4v) is 2.93. The van der Waals surface area contributed by atoms with Crippen LogP contribution in [0.15, 0.2) is 0 Å². The third-order valence-electron chi connectivity index (χ3n) is 4.14. The van der Waals surface area contributed by atoms with E-state index < -0.39 is 0 Å². The lowest BCUT2D eigenvalue weighted by Gasteiger charge is -2.47. The van der Waals surface area contributed by atoms with Crippen molar-refractivity contribution in [2.45, 2.75) is 24.9 Å². The Morgan fingerprint density at radius 2 is 1.94 bits per heavy atom. The molecule has 2 N–H and O–H groups in total. The van der Waals surface area contributed by atoms with Crippen LogP contribution in [0.1, 0.15) is 12.8 Å². The molecule has 3 aliphatic rings. The van der Waals surface area contributed by atoms with Crippen LogP contribution in [0.4, 0.5) is 0 Å². The summed E-state index contributed by atoms with van der Waals surface area (Å²) in [5, 5.41) is 6.08. The molecule has 2 amide bonds. The summed E-state index contributed by atoms with van der Waals surface area (Å²) in [5.74, 6) is 0.111. The van der Waals surface area contributed by atoms with Crippen molar-refractivity contribution in [2.24, 2.45) is 0 Å². The molecule has 6 nitrogen and oxygen atoms in total. The highest BCUT2D eigenvalue weighted by Gasteiger charge is 2.39. The van der Waals surface area contributed by atoms with Gasteiger partial charge in [-0.1, -0.05) is 0 Å². The number of likely N-dealkylation sites (tertiary alicyclic amines) is 1. The second kappa shape index (κ2) is 4.85. The van der Waals surface area contributed by atoms with Crippen LogP contribution in [0, 0.1) is 0 Å². The van der Waals surface area contributed by atoms with Gasteiger partial charge in [-0.3, -0.25) is 14.5 Å². The molecule has 0 aromatic heterocycles. The fraction of sp³-hybridized carbons (Fsp3) is 0.833. The van der Waals surface area contributed by atoms with Crippen LogP contribution in [0.3, 0.4) is 0 Å². The van der Waals surface area contributed by atoms with Gasteiger partial charge in [-0.2, -0.15) is 0 Å². The van der Waals surface area contributed by atoms with E-state index in [1.165, 1.54) is 0 Å². The van der Waals surface area contributed by atoms with Crippen LogP contribution in [-0.2, 0) is 9.59 Å². The number of hydrogen-bond acceptors (Lipinski definition) is 4. The zero-order valence-corrected chi connectivity index (χ0v) is 10.5. The molecular formula is C12H20N4O2. The van der Waals surface area contributed by atoms with Crippen LogP contribution in [0.2, 0.25) is 0 Å². The van der Waals surface area contributed by atoms with E-state index in [1.807, 2.05) is 4.90 Å². The summed E-state index contributed by atoms with van der Waals surface area (Å²) >= 11 is 0. The molecule has 0 bridgehead atoms. The molecule has 0 aromatic carbocycles. The lowest BCUT2D eigenvalue weighted by Crippen LogP contribution is -2.65. The molecule has 3 rings (SSSR count). The van der Waals surface area contributed by atoms with Crippen LogP contribution < -0.4 is 10.6 Å². The summed E-state index contributed by atoms with van der Waals surface area (Å²) in [5.41, 5.74) is 0. The zero-order chi connectivity index (χ0) is 12.5. The lowest BCUT2D eigenvalue weighted by molar-refractivity contribution is -0.141. The molecule has 1 atom stereocenters. The second-order valence-corrected chi connectivity index (χ2v) is 5.34. The number of nitrogens with zero attached hydrogens (tertiary/aromatic N) is 2. The molecule has 1 unspecified atom stereocenters. The quantitative estimate of drug-likeness (QED) is 0.620. The summed E-state index contributed by atoms with van der Waals surface area (Å²) in [6.45, 7) is 5.89. The molecule has 0 aromatic rings. The van der Waals surface area contributed by atoms with Crippen molar-refractivity contribution < 1.29 is 9.59 Å². The van der Waals surface area contributed by atoms with E-state index in [4.69, 9.17) is 0 Å². The Balaban J connectivity index is 1.46. The van der Waals surface area contributed by atoms with Gasteiger partial charge in [0.25, 0.3) is 0 Å². The van der Waals surface area contributed by atoms with Crippen molar-refractivity contribution in [3.63, 3.8) is 0 Å². The van der Waals surface area contributed by atoms with Crippen LogP contribution in [0.25, 0.3) is 0 Å². The highest BCUT2D eigenvalue weighted by Crippen LogP contribution is 2.19. The van der Waals surface area contributed by atoms with Crippen molar-refractivity contribution in [1.29, 1.82) is 0 Å². The Hall–Kier alpha value is -1.14. The van der Waals surface area contributed by atoms with Gasteiger partial charge in [0.1, 0.15) is 6.04 Å². The predicted octanol–water partition coefficient (Wildman–Crippen LogP) is -1.62. The Morgan fingerprint density at radius 3 is 2.56 bits per heavy atom. The summed E-state index contributed by atoms with van der Waals surface area (Å²) in [6, 6.07) is 0.259. The van der Waals surface area contributed by atoms with Crippen LogP contribution >= 0.6 is 0 Å². The Kier molecular flexibility index (Phi) is 3.22. The first-order valence-electron chi connectivity index (χ1n) is 6.77. The SMILES string of the molecule is O=C1CCC(C(=O)N2CC(N3CCNCC3)C2)N1. The molecule has 0 spiro atoms. The normalized spacial score (nSPS) is 30.1. The number of rotatable bonds is 2. The molecular weight excluding hydrogens is 232 g/mol. The largest absolute Gasteiger partial charge is 0.344 e. The van der Waals surface area contributed by atoms with Crippen molar-refractivity contribution in [3.8, 4) is 0 Å². The fourth-order valence-electron chi connectivity index (χ4n) is 2.93. The maximum atomic E-state index is 12.1. The van der Waals surface area contributed by atoms with E-state index in [-0.39, 0.29) is 17.9 Å². The minimum Gasteiger partial charge on any atom is -0.344 e. The Labute approximate surface area is 107 Å². The van der Waals surface area contributed by atoms with Crippen molar-refractivity contribution >= 4 is 11.8 Å². The monoisotopic (exact) mass is 252 g/mol. The summed E-state index contributed by atoms with van der Waals surface area (Å²) in [7, 11) is 0. The van der Waals surface area contributed by atoms with E-state index in [2.05, 4.69) is 15.5 Å². The van der Waals surface area contributed by atoms with Gasteiger partial charge in [-0.05, 0) is 6.42 Å². The summed E-state index contributed by atoms with van der Waals surface area (Å²) in [6.07, 6.45) is 1.15. The van der Waals surface area contributed by atoms with E-state index in [0.717, 1.165) is 39.3 Å². The number of hydrogen-bond donors (Lipinski definition) is 2. The van der Waals surface area contributed by atoms with E-state index in [1.54, 1.807) is 0 Å². The number of carbonyl (C=O) groups is 2. The van der Waals surface area contributed by atoms with E-state index >= 15 is 0 Å². The second-order valence-electron chi connectivity index (χ2n) is 5.34.